The van der Waals surface area contributed by atoms with Crippen LogP contribution in [0.4, 0.5) is 46.5 Å². The molecule has 27 heteroatoms. The maximum Gasteiger partial charge on any atom is 0.499 e. The molecule has 0 atom stereocenters. The van der Waals surface area contributed by atoms with E-state index < -0.39 is 71.0 Å². The quantitative estimate of drug-likeness (QED) is 0.141. The molecule has 0 unspecified atom stereocenters. The van der Waals surface area contributed by atoms with Gasteiger partial charge in [0, 0.05) is 15.5 Å². The van der Waals surface area contributed by atoms with E-state index in [4.69, 9.17) is 0 Å². The van der Waals surface area contributed by atoms with Gasteiger partial charge < -0.3 is 35.9 Å². The van der Waals surface area contributed by atoms with Gasteiger partial charge in [0.25, 0.3) is 0 Å². The zero-order valence-electron chi connectivity index (χ0n) is 15.6. The first-order chi connectivity index (χ1) is 16.8. The molecule has 0 spiro atoms. The lowest BCUT2D eigenvalue weighted by Crippen LogP contribution is -1.99. The lowest BCUT2D eigenvalue weighted by atomic mass is 10.6. The molecule has 178 valence electrons. The van der Waals surface area contributed by atoms with Gasteiger partial charge >= 0.3 is 46.5 Å². The molecule has 4 rings (SSSR count). The van der Waals surface area contributed by atoms with Gasteiger partial charge in [0.15, 0.2) is 15.5 Å². The van der Waals surface area contributed by atoms with Gasteiger partial charge in [0.05, 0.1) is 0 Å². The van der Waals surface area contributed by atoms with Crippen LogP contribution in [0, 0.1) is 35.9 Å². The summed E-state index contributed by atoms with van der Waals surface area (Å²) in [5, 5.41) is 92.1. The number of azo groups is 3. The van der Waals surface area contributed by atoms with Crippen LogP contribution in [0.2, 0.25) is 0 Å². The predicted molar refractivity (Wildman–Crippen MR) is 86.6 cm³/mol. The lowest BCUT2D eigenvalue weighted by molar-refractivity contribution is -0.477. The second kappa shape index (κ2) is 8.60. The van der Waals surface area contributed by atoms with Crippen LogP contribution in [0.3, 0.4) is 0 Å². The van der Waals surface area contributed by atoms with E-state index in [2.05, 4.69) is 75.1 Å². The van der Waals surface area contributed by atoms with Crippen LogP contribution in [0.15, 0.2) is 33.9 Å². The van der Waals surface area contributed by atoms with Crippen molar-refractivity contribution in [2.24, 2.45) is 15.3 Å². The third kappa shape index (κ3) is 4.19. The fraction of sp³-hybridized carbons (Fsp3) is 0. The zero-order valence-corrected chi connectivity index (χ0v) is 15.6. The summed E-state index contributed by atoms with van der Waals surface area (Å²) in [5.74, 6) is -7.61. The second-order valence-electron chi connectivity index (χ2n) is 5.28. The summed E-state index contributed by atoms with van der Waals surface area (Å²) in [5.41, 5.74) is 0. The average Bonchev–Trinajstić information content (AvgIpc) is 3.59. The Labute approximate surface area is 183 Å². The molecule has 0 amide bonds. The molecule has 0 aromatic carbocycles. The van der Waals surface area contributed by atoms with Crippen LogP contribution in [0.1, 0.15) is 0 Å². The minimum Gasteiger partial charge on any atom is -0.690 e. The van der Waals surface area contributed by atoms with Crippen molar-refractivity contribution >= 4 is 46.5 Å². The van der Waals surface area contributed by atoms with E-state index in [1.165, 1.54) is 0 Å². The maximum atomic E-state index is 12.3. The Balaban J connectivity index is 1.66. The van der Waals surface area contributed by atoms with E-state index in [-0.39, 0.29) is 0 Å². The Hall–Kier alpha value is -6.44. The molecule has 4 heterocycles. The molecule has 4 aromatic heterocycles. The average molecular weight is 496 g/mol. The summed E-state index contributed by atoms with van der Waals surface area (Å²) in [6.45, 7) is 0. The number of aromatic nitrogens is 8. The molecular weight excluding hydrogens is 496 g/mol. The van der Waals surface area contributed by atoms with E-state index in [1.807, 2.05) is 0 Å². The summed E-state index contributed by atoms with van der Waals surface area (Å²) in [7, 11) is 0. The number of rotatable bonds is 8. The molecule has 0 fully saturated rings. The summed E-state index contributed by atoms with van der Waals surface area (Å²) in [6.07, 6.45) is 0. The Morgan fingerprint density at radius 3 is 1.14 bits per heavy atom. The van der Waals surface area contributed by atoms with Crippen LogP contribution < -0.4 is 0 Å². The van der Waals surface area contributed by atoms with E-state index in [9.17, 15) is 35.9 Å². The topological polar surface area (TPSA) is 357 Å². The van der Waals surface area contributed by atoms with Gasteiger partial charge in [-0.1, -0.05) is 0 Å². The van der Waals surface area contributed by atoms with Crippen molar-refractivity contribution in [3.05, 3.63) is 35.9 Å². The third-order valence-corrected chi connectivity index (χ3v) is 3.26. The van der Waals surface area contributed by atoms with Crippen LogP contribution in [0.5, 0.6) is 0 Å². The predicted octanol–water partition coefficient (Wildman–Crippen LogP) is 0.812. The molecule has 0 radical (unpaired) electrons. The van der Waals surface area contributed by atoms with Crippen molar-refractivity contribution in [3.63, 3.8) is 0 Å². The number of hydrogen-bond acceptors (Lipinski definition) is 22. The van der Waals surface area contributed by atoms with Crippen molar-refractivity contribution in [1.29, 1.82) is 0 Å². The Kier molecular flexibility index (Phi) is 5.35. The first-order valence-corrected chi connectivity index (χ1v) is 7.92. The van der Waals surface area contributed by atoms with E-state index in [0.29, 0.717) is 0 Å². The Morgan fingerprint density at radius 1 is 0.457 bits per heavy atom. The van der Waals surface area contributed by atoms with E-state index in [1.54, 1.807) is 0 Å². The number of hydrogen-bond donors (Lipinski definition) is 0. The number of nitro groups is 2. The Bertz CT molecular complexity index is 1500. The summed E-state index contributed by atoms with van der Waals surface area (Å²) < 4.78 is 16.7. The highest BCUT2D eigenvalue weighted by molar-refractivity contribution is 5.45. The van der Waals surface area contributed by atoms with Gasteiger partial charge in [-0.05, 0) is 29.8 Å². The lowest BCUT2D eigenvalue weighted by Gasteiger charge is -2.01. The van der Waals surface area contributed by atoms with Gasteiger partial charge in [-0.25, -0.2) is 0 Å². The van der Waals surface area contributed by atoms with Crippen LogP contribution >= 0.6 is 0 Å². The monoisotopic (exact) mass is 496 g/mol. The van der Waals surface area contributed by atoms with Crippen LogP contribution in [0.25, 0.3) is 0 Å². The minimum atomic E-state index is -1.07. The third-order valence-electron chi connectivity index (χ3n) is 3.26. The largest absolute Gasteiger partial charge is 0.690 e. The first kappa shape index (κ1) is 21.8. The van der Waals surface area contributed by atoms with Gasteiger partial charge in [-0.3, -0.25) is 0 Å². The first-order valence-electron chi connectivity index (χ1n) is 7.92. The molecule has 0 aliphatic carbocycles. The SMILES string of the molecule is O=[N+]([O-])c1nonc1N=[N+]([O-])c1nonc1N=[N+]([O-])c1nonc1[N+]([O-])=Nc1nonc1[N+](=O)[O-]. The second-order valence-corrected chi connectivity index (χ2v) is 5.28. The molecule has 0 N–H and O–H groups in total. The van der Waals surface area contributed by atoms with E-state index >= 15 is 0 Å². The van der Waals surface area contributed by atoms with Crippen molar-refractivity contribution < 1.29 is 42.9 Å². The molecule has 0 saturated heterocycles. The molecule has 0 aliphatic heterocycles. The molecule has 4 aromatic rings. The normalized spacial score (nSPS) is 12.7. The highest BCUT2D eigenvalue weighted by Gasteiger charge is 2.35. The fourth-order valence-electron chi connectivity index (χ4n) is 1.90. The smallest absolute Gasteiger partial charge is 0.499 e. The van der Waals surface area contributed by atoms with Crippen molar-refractivity contribution in [3.8, 4) is 0 Å². The summed E-state index contributed by atoms with van der Waals surface area (Å²) >= 11 is 0. The molecule has 0 aliphatic rings. The van der Waals surface area contributed by atoms with Crippen molar-refractivity contribution in [2.45, 2.75) is 0 Å². The molecule has 0 saturated carbocycles. The highest BCUT2D eigenvalue weighted by Crippen LogP contribution is 2.30. The molecule has 27 nitrogen and oxygen atoms in total. The van der Waals surface area contributed by atoms with Gasteiger partial charge in [-0.15, -0.1) is 28.5 Å². The molecule has 35 heavy (non-hydrogen) atoms. The minimum absolute atomic E-state index is 0.427. The van der Waals surface area contributed by atoms with Crippen LogP contribution in [-0.2, 0) is 0 Å². The standard InChI is InChI=1S/C8N16O11/c25-20(10-2-5(23(28)29)16-33-13-2)4-1(12-32-15-4)9-21(26)7-8(19-35-18-7)22(27)11-3-6(24(30)31)17-34-14-3. The van der Waals surface area contributed by atoms with Gasteiger partial charge in [0.2, 0.25) is 10.3 Å². The van der Waals surface area contributed by atoms with Gasteiger partial charge in [0.1, 0.15) is 0 Å². The van der Waals surface area contributed by atoms with Crippen molar-refractivity contribution in [2.75, 3.05) is 0 Å². The number of nitrogens with zero attached hydrogens (tertiary/aromatic N) is 16. The summed E-state index contributed by atoms with van der Waals surface area (Å²) in [4.78, 5) is 18.1. The zero-order chi connectivity index (χ0) is 25.1. The Morgan fingerprint density at radius 2 is 0.743 bits per heavy atom. The molecule has 0 bridgehead atoms. The maximum absolute atomic E-state index is 12.3. The van der Waals surface area contributed by atoms with Crippen LogP contribution in [-0.4, -0.2) is 65.7 Å². The van der Waals surface area contributed by atoms with E-state index in [0.717, 1.165) is 0 Å². The van der Waals surface area contributed by atoms with Gasteiger partial charge in [-0.2, -0.15) is 0 Å². The fourth-order valence-corrected chi connectivity index (χ4v) is 1.90. The van der Waals surface area contributed by atoms with Crippen molar-refractivity contribution in [1.82, 2.24) is 41.3 Å². The summed E-state index contributed by atoms with van der Waals surface area (Å²) in [6, 6.07) is 0. The highest BCUT2D eigenvalue weighted by atomic mass is 16.7. The molecular formula is C8N16O11.